The highest BCUT2D eigenvalue weighted by Gasteiger charge is 2.19. The second-order valence-corrected chi connectivity index (χ2v) is 5.86. The molecule has 4 heteroatoms. The van der Waals surface area contributed by atoms with Gasteiger partial charge in [0, 0.05) is 38.4 Å². The summed E-state index contributed by atoms with van der Waals surface area (Å²) in [5.41, 5.74) is 1.07. The molecular formula is C15H23N3S. The number of para-hydroxylation sites is 1. The van der Waals surface area contributed by atoms with E-state index < -0.39 is 0 Å². The average Bonchev–Trinajstić information content (AvgIpc) is 2.40. The molecule has 0 atom stereocenters. The highest BCUT2D eigenvalue weighted by Crippen LogP contribution is 2.10. The fraction of sp³-hybridized carbons (Fsp3) is 0.533. The van der Waals surface area contributed by atoms with Crippen LogP contribution in [0.2, 0.25) is 0 Å². The second-order valence-electron chi connectivity index (χ2n) is 5.48. The number of hydrogen-bond acceptors (Lipinski definition) is 2. The standard InChI is InChI=1S/C15H23N3S/c1-13(2)12-17-8-10-18(11-9-17)15(19)16-14-6-4-3-5-7-14/h3-7,13H,8-12H2,1-2H3,(H,16,19). The number of hydrogen-bond donors (Lipinski definition) is 1. The van der Waals surface area contributed by atoms with Crippen molar-refractivity contribution >= 4 is 23.0 Å². The molecule has 0 unspecified atom stereocenters. The molecule has 1 heterocycles. The fourth-order valence-corrected chi connectivity index (χ4v) is 2.67. The van der Waals surface area contributed by atoms with Crippen molar-refractivity contribution in [2.75, 3.05) is 38.0 Å². The predicted octanol–water partition coefficient (Wildman–Crippen LogP) is 2.66. The van der Waals surface area contributed by atoms with Crippen molar-refractivity contribution in [1.82, 2.24) is 9.80 Å². The minimum absolute atomic E-state index is 0.737. The van der Waals surface area contributed by atoms with E-state index in [1.54, 1.807) is 0 Å². The van der Waals surface area contributed by atoms with Crippen LogP contribution in [0.25, 0.3) is 0 Å². The van der Waals surface area contributed by atoms with Crippen molar-refractivity contribution in [3.05, 3.63) is 30.3 Å². The normalized spacial score (nSPS) is 16.7. The van der Waals surface area contributed by atoms with Gasteiger partial charge in [-0.15, -0.1) is 0 Å². The third kappa shape index (κ3) is 4.48. The molecule has 1 saturated heterocycles. The zero-order valence-corrected chi connectivity index (χ0v) is 12.6. The van der Waals surface area contributed by atoms with Gasteiger partial charge in [-0.05, 0) is 30.3 Å². The van der Waals surface area contributed by atoms with E-state index in [2.05, 4.69) is 29.0 Å². The van der Waals surface area contributed by atoms with Crippen LogP contribution >= 0.6 is 12.2 Å². The van der Waals surface area contributed by atoms with Crippen molar-refractivity contribution in [2.45, 2.75) is 13.8 Å². The van der Waals surface area contributed by atoms with Crippen LogP contribution in [0.1, 0.15) is 13.8 Å². The van der Waals surface area contributed by atoms with E-state index >= 15 is 0 Å². The van der Waals surface area contributed by atoms with Crippen LogP contribution in [0.4, 0.5) is 5.69 Å². The van der Waals surface area contributed by atoms with Gasteiger partial charge in [0.1, 0.15) is 0 Å². The number of rotatable bonds is 3. The molecule has 0 aromatic heterocycles. The van der Waals surface area contributed by atoms with Gasteiger partial charge in [-0.25, -0.2) is 0 Å². The fourth-order valence-electron chi connectivity index (χ4n) is 2.37. The van der Waals surface area contributed by atoms with Gasteiger partial charge in [0.15, 0.2) is 5.11 Å². The topological polar surface area (TPSA) is 18.5 Å². The van der Waals surface area contributed by atoms with E-state index in [1.807, 2.05) is 30.3 Å². The van der Waals surface area contributed by atoms with Crippen LogP contribution in [-0.4, -0.2) is 47.6 Å². The molecular weight excluding hydrogens is 254 g/mol. The van der Waals surface area contributed by atoms with Crippen molar-refractivity contribution in [3.8, 4) is 0 Å². The third-order valence-corrected chi connectivity index (χ3v) is 3.67. The van der Waals surface area contributed by atoms with Gasteiger partial charge in [-0.3, -0.25) is 4.90 Å². The Balaban J connectivity index is 1.79. The lowest BCUT2D eigenvalue weighted by molar-refractivity contribution is 0.168. The summed E-state index contributed by atoms with van der Waals surface area (Å²) in [6, 6.07) is 10.1. The van der Waals surface area contributed by atoms with Gasteiger partial charge in [0.2, 0.25) is 0 Å². The highest BCUT2D eigenvalue weighted by molar-refractivity contribution is 7.80. The maximum absolute atomic E-state index is 5.48. The molecule has 19 heavy (non-hydrogen) atoms. The Labute approximate surface area is 121 Å². The van der Waals surface area contributed by atoms with Gasteiger partial charge < -0.3 is 10.2 Å². The number of thiocarbonyl (C=S) groups is 1. The number of anilines is 1. The first-order valence-corrected chi connectivity index (χ1v) is 7.39. The molecule has 1 aromatic carbocycles. The molecule has 0 bridgehead atoms. The Bertz CT molecular complexity index is 397. The van der Waals surface area contributed by atoms with Crippen LogP contribution in [-0.2, 0) is 0 Å². The molecule has 1 aliphatic heterocycles. The predicted molar refractivity (Wildman–Crippen MR) is 85.5 cm³/mol. The van der Waals surface area contributed by atoms with E-state index in [0.29, 0.717) is 0 Å². The van der Waals surface area contributed by atoms with Gasteiger partial charge in [-0.1, -0.05) is 32.0 Å². The van der Waals surface area contributed by atoms with Crippen molar-refractivity contribution < 1.29 is 0 Å². The molecule has 3 nitrogen and oxygen atoms in total. The summed E-state index contributed by atoms with van der Waals surface area (Å²) in [4.78, 5) is 4.78. The molecule has 1 aromatic rings. The van der Waals surface area contributed by atoms with Crippen molar-refractivity contribution in [3.63, 3.8) is 0 Å². The lowest BCUT2D eigenvalue weighted by Crippen LogP contribution is -2.50. The lowest BCUT2D eigenvalue weighted by atomic mass is 10.2. The number of piperazine rings is 1. The summed E-state index contributed by atoms with van der Waals surface area (Å²) in [6.07, 6.45) is 0. The second kappa shape index (κ2) is 6.87. The summed E-state index contributed by atoms with van der Waals surface area (Å²) in [7, 11) is 0. The van der Waals surface area contributed by atoms with E-state index in [0.717, 1.165) is 42.9 Å². The third-order valence-electron chi connectivity index (χ3n) is 3.31. The van der Waals surface area contributed by atoms with E-state index in [4.69, 9.17) is 12.2 Å². The maximum atomic E-state index is 5.48. The number of nitrogens with one attached hydrogen (secondary N) is 1. The van der Waals surface area contributed by atoms with Gasteiger partial charge in [-0.2, -0.15) is 0 Å². The zero-order valence-electron chi connectivity index (χ0n) is 11.8. The average molecular weight is 277 g/mol. The Hall–Kier alpha value is -1.13. The van der Waals surface area contributed by atoms with Crippen LogP contribution < -0.4 is 5.32 Å². The van der Waals surface area contributed by atoms with Crippen molar-refractivity contribution in [2.24, 2.45) is 5.92 Å². The van der Waals surface area contributed by atoms with Gasteiger partial charge in [0.25, 0.3) is 0 Å². The van der Waals surface area contributed by atoms with Gasteiger partial charge >= 0.3 is 0 Å². The molecule has 1 aliphatic rings. The van der Waals surface area contributed by atoms with E-state index in [9.17, 15) is 0 Å². The minimum atomic E-state index is 0.737. The largest absolute Gasteiger partial charge is 0.346 e. The van der Waals surface area contributed by atoms with E-state index in [1.165, 1.54) is 6.54 Å². The Kier molecular flexibility index (Phi) is 5.16. The Morgan fingerprint density at radius 2 is 1.79 bits per heavy atom. The Morgan fingerprint density at radius 3 is 2.37 bits per heavy atom. The molecule has 1 fully saturated rings. The van der Waals surface area contributed by atoms with Crippen LogP contribution in [0.5, 0.6) is 0 Å². The monoisotopic (exact) mass is 277 g/mol. The maximum Gasteiger partial charge on any atom is 0.173 e. The highest BCUT2D eigenvalue weighted by atomic mass is 32.1. The summed E-state index contributed by atoms with van der Waals surface area (Å²) >= 11 is 5.48. The smallest absolute Gasteiger partial charge is 0.173 e. The molecule has 1 N–H and O–H groups in total. The molecule has 0 aliphatic carbocycles. The lowest BCUT2D eigenvalue weighted by Gasteiger charge is -2.36. The molecule has 0 saturated carbocycles. The summed E-state index contributed by atoms with van der Waals surface area (Å²) in [5.74, 6) is 0.737. The summed E-state index contributed by atoms with van der Waals surface area (Å²) in [5, 5.41) is 4.15. The zero-order chi connectivity index (χ0) is 13.7. The Morgan fingerprint density at radius 1 is 1.16 bits per heavy atom. The summed E-state index contributed by atoms with van der Waals surface area (Å²) in [6.45, 7) is 9.98. The van der Waals surface area contributed by atoms with Crippen LogP contribution in [0, 0.1) is 5.92 Å². The van der Waals surface area contributed by atoms with Crippen LogP contribution in [0.15, 0.2) is 30.3 Å². The molecule has 104 valence electrons. The van der Waals surface area contributed by atoms with E-state index in [-0.39, 0.29) is 0 Å². The first-order valence-electron chi connectivity index (χ1n) is 6.98. The quantitative estimate of drug-likeness (QED) is 0.856. The van der Waals surface area contributed by atoms with Crippen LogP contribution in [0.3, 0.4) is 0 Å². The molecule has 0 spiro atoms. The first kappa shape index (κ1) is 14.3. The summed E-state index contributed by atoms with van der Waals surface area (Å²) < 4.78 is 0. The van der Waals surface area contributed by atoms with Gasteiger partial charge in [0.05, 0.1) is 0 Å². The van der Waals surface area contributed by atoms with Crippen molar-refractivity contribution in [1.29, 1.82) is 0 Å². The molecule has 0 radical (unpaired) electrons. The number of benzene rings is 1. The SMILES string of the molecule is CC(C)CN1CCN(C(=S)Nc2ccccc2)CC1. The first-order chi connectivity index (χ1) is 9.15. The molecule has 0 amide bonds. The minimum Gasteiger partial charge on any atom is -0.346 e. The molecule has 2 rings (SSSR count). The number of nitrogens with zero attached hydrogens (tertiary/aromatic N) is 2.